The normalized spacial score (nSPS) is 13.6. The third kappa shape index (κ3) is 6.11. The number of nitrogens with zero attached hydrogens (tertiary/aromatic N) is 2. The van der Waals surface area contributed by atoms with Gasteiger partial charge in [-0.2, -0.15) is 0 Å². The molecule has 0 aromatic carbocycles. The molecule has 0 aliphatic heterocycles. The summed E-state index contributed by atoms with van der Waals surface area (Å²) in [4.78, 5) is 7.86. The van der Waals surface area contributed by atoms with Crippen LogP contribution in [0.1, 0.15) is 33.1 Å². The first-order valence-corrected chi connectivity index (χ1v) is 5.57. The Bertz CT molecular complexity index is 229. The second-order valence-electron chi connectivity index (χ2n) is 3.61. The van der Waals surface area contributed by atoms with Crippen LogP contribution < -0.4 is 0 Å². The second-order valence-corrected chi connectivity index (χ2v) is 3.98. The fourth-order valence-corrected chi connectivity index (χ4v) is 1.40. The number of isothiocyanates is 2. The first kappa shape index (κ1) is 13.6. The average molecular weight is 228 g/mol. The zero-order chi connectivity index (χ0) is 10.9. The molecule has 2 nitrogen and oxygen atoms in total. The number of hydrogen-bond donors (Lipinski definition) is 0. The van der Waals surface area contributed by atoms with Crippen LogP contribution in [0, 0.1) is 5.41 Å². The number of thiocarbonyl (C=S) groups is 2. The highest BCUT2D eigenvalue weighted by Crippen LogP contribution is 2.29. The van der Waals surface area contributed by atoms with Gasteiger partial charge in [0.05, 0.1) is 10.3 Å². The van der Waals surface area contributed by atoms with Crippen LogP contribution in [0.5, 0.6) is 0 Å². The molecule has 0 fully saturated rings. The summed E-state index contributed by atoms with van der Waals surface area (Å²) in [6, 6.07) is 0. The maximum absolute atomic E-state index is 4.52. The highest BCUT2D eigenvalue weighted by atomic mass is 32.1. The Kier molecular flexibility index (Phi) is 7.73. The summed E-state index contributed by atoms with van der Waals surface area (Å²) < 4.78 is 0. The van der Waals surface area contributed by atoms with Crippen molar-refractivity contribution in [3.8, 4) is 0 Å². The van der Waals surface area contributed by atoms with Gasteiger partial charge >= 0.3 is 0 Å². The summed E-state index contributed by atoms with van der Waals surface area (Å²) in [6.45, 7) is 5.94. The van der Waals surface area contributed by atoms with E-state index in [2.05, 4.69) is 58.6 Å². The van der Waals surface area contributed by atoms with E-state index in [1.165, 1.54) is 0 Å². The first-order chi connectivity index (χ1) is 6.68. The van der Waals surface area contributed by atoms with E-state index in [0.29, 0.717) is 0 Å². The van der Waals surface area contributed by atoms with Crippen LogP contribution in [0.2, 0.25) is 0 Å². The topological polar surface area (TPSA) is 24.7 Å². The predicted octanol–water partition coefficient (Wildman–Crippen LogP) is 3.39. The summed E-state index contributed by atoms with van der Waals surface area (Å²) in [7, 11) is 0. The molecule has 0 aromatic rings. The fraction of sp³-hybridized carbons (Fsp3) is 0.800. The number of rotatable bonds is 7. The summed E-state index contributed by atoms with van der Waals surface area (Å²) in [5.41, 5.74) is 0.283. The predicted molar refractivity (Wildman–Crippen MR) is 67.4 cm³/mol. The molecule has 0 bridgehead atoms. The molecule has 0 aromatic heterocycles. The van der Waals surface area contributed by atoms with Crippen LogP contribution in [-0.2, 0) is 0 Å². The molecule has 0 radical (unpaired) electrons. The van der Waals surface area contributed by atoms with Gasteiger partial charge in [-0.3, -0.25) is 0 Å². The monoisotopic (exact) mass is 228 g/mol. The van der Waals surface area contributed by atoms with Gasteiger partial charge in [-0.15, -0.1) is 0 Å². The molecule has 14 heavy (non-hydrogen) atoms. The molecule has 0 saturated heterocycles. The Balaban J connectivity index is 4.02. The molecule has 0 rings (SSSR count). The van der Waals surface area contributed by atoms with Gasteiger partial charge < -0.3 is 0 Å². The lowest BCUT2D eigenvalue weighted by Gasteiger charge is -2.26. The standard InChI is InChI=1S/C10H16N2S2/c1-3-10(2,4-6-11-8-13)5-7-12-9-14/h3-7H2,1-2H3. The van der Waals surface area contributed by atoms with Gasteiger partial charge in [0, 0.05) is 13.1 Å². The van der Waals surface area contributed by atoms with Crippen molar-refractivity contribution in [1.29, 1.82) is 0 Å². The van der Waals surface area contributed by atoms with E-state index in [1.54, 1.807) is 0 Å². The highest BCUT2D eigenvalue weighted by Gasteiger charge is 2.20. The molecule has 0 spiro atoms. The largest absolute Gasteiger partial charge is 0.233 e. The third-order valence-corrected chi connectivity index (χ3v) is 2.90. The zero-order valence-corrected chi connectivity index (χ0v) is 10.4. The molecular formula is C10H16N2S2. The Labute approximate surface area is 96.5 Å². The van der Waals surface area contributed by atoms with E-state index in [4.69, 9.17) is 0 Å². The maximum atomic E-state index is 4.52. The molecule has 78 valence electrons. The summed E-state index contributed by atoms with van der Waals surface area (Å²) in [5, 5.41) is 4.78. The first-order valence-electron chi connectivity index (χ1n) is 4.76. The van der Waals surface area contributed by atoms with Gasteiger partial charge in [0.25, 0.3) is 0 Å². The van der Waals surface area contributed by atoms with E-state index in [1.807, 2.05) is 0 Å². The Morgan fingerprint density at radius 2 is 1.50 bits per heavy atom. The van der Waals surface area contributed by atoms with Crippen molar-refractivity contribution in [3.63, 3.8) is 0 Å². The molecule has 0 heterocycles. The molecule has 4 heteroatoms. The van der Waals surface area contributed by atoms with E-state index in [0.717, 1.165) is 32.4 Å². The molecule has 0 aliphatic carbocycles. The fourth-order valence-electron chi connectivity index (χ4n) is 1.22. The lowest BCUT2D eigenvalue weighted by Crippen LogP contribution is -2.17. The minimum absolute atomic E-state index is 0.283. The van der Waals surface area contributed by atoms with Crippen LogP contribution in [0.25, 0.3) is 0 Å². The van der Waals surface area contributed by atoms with Crippen LogP contribution in [0.15, 0.2) is 9.98 Å². The van der Waals surface area contributed by atoms with Crippen molar-refractivity contribution in [2.75, 3.05) is 13.1 Å². The maximum Gasteiger partial charge on any atom is 0.0584 e. The molecule has 0 aliphatic rings. The van der Waals surface area contributed by atoms with Crippen molar-refractivity contribution >= 4 is 34.8 Å². The quantitative estimate of drug-likeness (QED) is 0.493. The van der Waals surface area contributed by atoms with E-state index < -0.39 is 0 Å². The van der Waals surface area contributed by atoms with E-state index in [9.17, 15) is 0 Å². The molecular weight excluding hydrogens is 212 g/mol. The van der Waals surface area contributed by atoms with Crippen molar-refractivity contribution in [2.24, 2.45) is 15.4 Å². The molecule has 0 unspecified atom stereocenters. The molecule has 0 N–H and O–H groups in total. The minimum Gasteiger partial charge on any atom is -0.233 e. The number of aliphatic imine (C=N–C) groups is 2. The molecule has 0 atom stereocenters. The van der Waals surface area contributed by atoms with Gasteiger partial charge in [-0.05, 0) is 42.7 Å². The average Bonchev–Trinajstić information content (AvgIpc) is 2.19. The molecule has 0 amide bonds. The van der Waals surface area contributed by atoms with Crippen LogP contribution >= 0.6 is 24.4 Å². The smallest absolute Gasteiger partial charge is 0.0584 e. The van der Waals surface area contributed by atoms with Crippen molar-refractivity contribution < 1.29 is 0 Å². The van der Waals surface area contributed by atoms with Gasteiger partial charge in [0.15, 0.2) is 0 Å². The van der Waals surface area contributed by atoms with Crippen molar-refractivity contribution in [1.82, 2.24) is 0 Å². The summed E-state index contributed by atoms with van der Waals surface area (Å²) in [5.74, 6) is 0. The van der Waals surface area contributed by atoms with Crippen LogP contribution in [0.4, 0.5) is 0 Å². The zero-order valence-electron chi connectivity index (χ0n) is 8.75. The third-order valence-electron chi connectivity index (χ3n) is 2.64. The Morgan fingerprint density at radius 3 is 1.79 bits per heavy atom. The van der Waals surface area contributed by atoms with Crippen LogP contribution in [-0.4, -0.2) is 23.4 Å². The van der Waals surface area contributed by atoms with Gasteiger partial charge in [-0.25, -0.2) is 9.98 Å². The van der Waals surface area contributed by atoms with Crippen molar-refractivity contribution in [3.05, 3.63) is 0 Å². The second kappa shape index (κ2) is 7.95. The Morgan fingerprint density at radius 1 is 1.07 bits per heavy atom. The number of hydrogen-bond acceptors (Lipinski definition) is 4. The minimum atomic E-state index is 0.283. The summed E-state index contributed by atoms with van der Waals surface area (Å²) in [6.07, 6.45) is 3.17. The lowest BCUT2D eigenvalue weighted by molar-refractivity contribution is 0.271. The summed E-state index contributed by atoms with van der Waals surface area (Å²) >= 11 is 9.05. The van der Waals surface area contributed by atoms with E-state index in [-0.39, 0.29) is 5.41 Å². The highest BCUT2D eigenvalue weighted by molar-refractivity contribution is 7.78. The van der Waals surface area contributed by atoms with Gasteiger partial charge in [0.1, 0.15) is 0 Å². The van der Waals surface area contributed by atoms with Crippen LogP contribution in [0.3, 0.4) is 0 Å². The molecule has 0 saturated carbocycles. The van der Waals surface area contributed by atoms with Crippen molar-refractivity contribution in [2.45, 2.75) is 33.1 Å². The Hall–Kier alpha value is -0.400. The van der Waals surface area contributed by atoms with E-state index >= 15 is 0 Å². The lowest BCUT2D eigenvalue weighted by atomic mass is 9.81. The SMILES string of the molecule is CCC(C)(CCN=C=S)CCN=C=S. The van der Waals surface area contributed by atoms with Gasteiger partial charge in [0.2, 0.25) is 0 Å². The van der Waals surface area contributed by atoms with Gasteiger partial charge in [-0.1, -0.05) is 20.3 Å².